The van der Waals surface area contributed by atoms with Crippen LogP contribution in [0.4, 0.5) is 5.82 Å². The summed E-state index contributed by atoms with van der Waals surface area (Å²) in [6, 6.07) is 7.07. The molecule has 0 atom stereocenters. The third-order valence-corrected chi connectivity index (χ3v) is 4.92. The lowest BCUT2D eigenvalue weighted by atomic mass is 10.3. The lowest BCUT2D eigenvalue weighted by Crippen LogP contribution is -2.16. The fraction of sp³-hybridized carbons (Fsp3) is 0.267. The highest BCUT2D eigenvalue weighted by molar-refractivity contribution is 7.92. The molecule has 8 nitrogen and oxygen atoms in total. The van der Waals surface area contributed by atoms with E-state index in [1.807, 2.05) is 19.0 Å². The highest BCUT2D eigenvalue weighted by Crippen LogP contribution is 2.23. The van der Waals surface area contributed by atoms with Crippen molar-refractivity contribution in [3.8, 4) is 0 Å². The van der Waals surface area contributed by atoms with Crippen molar-refractivity contribution >= 4 is 38.5 Å². The number of aryl methyl sites for hydroxylation is 1. The first-order valence-electron chi connectivity index (χ1n) is 7.38. The van der Waals surface area contributed by atoms with Crippen LogP contribution in [0.3, 0.4) is 0 Å². The van der Waals surface area contributed by atoms with Crippen LogP contribution in [-0.2, 0) is 23.6 Å². The summed E-state index contributed by atoms with van der Waals surface area (Å²) in [7, 11) is 1.58. The summed E-state index contributed by atoms with van der Waals surface area (Å²) < 4.78 is 29.3. The van der Waals surface area contributed by atoms with Gasteiger partial charge in [-0.1, -0.05) is 23.7 Å². The highest BCUT2D eigenvalue weighted by atomic mass is 35.5. The van der Waals surface area contributed by atoms with Crippen LogP contribution in [0, 0.1) is 0 Å². The molecule has 0 saturated heterocycles. The zero-order valence-electron chi connectivity index (χ0n) is 13.9. The van der Waals surface area contributed by atoms with Crippen LogP contribution < -0.4 is 4.72 Å². The maximum atomic E-state index is 12.6. The number of hydrogen-bond acceptors (Lipinski definition) is 6. The fourth-order valence-corrected chi connectivity index (χ4v) is 3.52. The van der Waals surface area contributed by atoms with Gasteiger partial charge in [-0.25, -0.2) is 15.0 Å². The summed E-state index contributed by atoms with van der Waals surface area (Å²) in [5.74, 6) is 0.598. The number of rotatable bonds is 5. The van der Waals surface area contributed by atoms with Crippen molar-refractivity contribution in [2.24, 2.45) is 7.05 Å². The number of halogens is 1. The first-order chi connectivity index (χ1) is 11.8. The average Bonchev–Trinajstić information content (AvgIpc) is 2.89. The van der Waals surface area contributed by atoms with Crippen LogP contribution in [0.1, 0.15) is 5.82 Å². The first kappa shape index (κ1) is 17.6. The minimum absolute atomic E-state index is 0.0216. The number of imidazole rings is 1. The molecule has 0 spiro atoms. The van der Waals surface area contributed by atoms with Gasteiger partial charge in [-0.2, -0.15) is 8.42 Å². The van der Waals surface area contributed by atoms with Crippen LogP contribution in [0.5, 0.6) is 0 Å². The largest absolute Gasteiger partial charge is 0.335 e. The van der Waals surface area contributed by atoms with Crippen molar-refractivity contribution in [2.75, 3.05) is 18.8 Å². The van der Waals surface area contributed by atoms with Crippen molar-refractivity contribution in [2.45, 2.75) is 11.6 Å². The molecule has 0 fully saturated rings. The summed E-state index contributed by atoms with van der Waals surface area (Å²) >= 11 is 6.07. The highest BCUT2D eigenvalue weighted by Gasteiger charge is 2.22. The summed E-state index contributed by atoms with van der Waals surface area (Å²) in [6.07, 6.45) is 1.45. The molecule has 1 N–H and O–H groups in total. The van der Waals surface area contributed by atoms with Gasteiger partial charge in [0.05, 0.1) is 17.6 Å². The summed E-state index contributed by atoms with van der Waals surface area (Å²) in [4.78, 5) is 14.5. The van der Waals surface area contributed by atoms with E-state index in [1.54, 1.807) is 35.9 Å². The van der Waals surface area contributed by atoms with E-state index in [9.17, 15) is 8.42 Å². The van der Waals surface area contributed by atoms with E-state index in [-0.39, 0.29) is 16.0 Å². The van der Waals surface area contributed by atoms with Crippen LogP contribution in [0.25, 0.3) is 11.0 Å². The third kappa shape index (κ3) is 3.73. The zero-order chi connectivity index (χ0) is 18.2. The van der Waals surface area contributed by atoms with Crippen LogP contribution in [-0.4, -0.2) is 46.9 Å². The van der Waals surface area contributed by atoms with Crippen molar-refractivity contribution in [3.63, 3.8) is 0 Å². The number of anilines is 1. The summed E-state index contributed by atoms with van der Waals surface area (Å²) in [5.41, 5.74) is 1.13. The van der Waals surface area contributed by atoms with Gasteiger partial charge >= 0.3 is 0 Å². The Morgan fingerprint density at radius 1 is 1.16 bits per heavy atom. The Kier molecular flexibility index (Phi) is 4.63. The molecule has 2 heterocycles. The van der Waals surface area contributed by atoms with Crippen molar-refractivity contribution in [1.82, 2.24) is 24.4 Å². The Labute approximate surface area is 150 Å². The Morgan fingerprint density at radius 3 is 2.44 bits per heavy atom. The number of nitrogens with zero attached hydrogens (tertiary/aromatic N) is 5. The van der Waals surface area contributed by atoms with Crippen LogP contribution >= 0.6 is 11.6 Å². The smallest absolute Gasteiger partial charge is 0.282 e. The summed E-state index contributed by atoms with van der Waals surface area (Å²) in [6.45, 7) is 0.516. The van der Waals surface area contributed by atoms with Crippen molar-refractivity contribution in [1.29, 1.82) is 0 Å². The summed E-state index contributed by atoms with van der Waals surface area (Å²) in [5, 5.41) is -0.121. The topological polar surface area (TPSA) is 93.0 Å². The molecule has 0 saturated carbocycles. The number of nitrogens with one attached hydrogen (secondary N) is 1. The molecule has 3 rings (SSSR count). The van der Waals surface area contributed by atoms with Gasteiger partial charge in [0, 0.05) is 13.2 Å². The lowest BCUT2D eigenvalue weighted by molar-refractivity contribution is 0.384. The van der Waals surface area contributed by atoms with Crippen LogP contribution in [0.2, 0.25) is 5.15 Å². The number of para-hydroxylation sites is 2. The molecule has 25 heavy (non-hydrogen) atoms. The number of fused-ring (bicyclic) bond motifs is 1. The van der Waals surface area contributed by atoms with Crippen molar-refractivity contribution < 1.29 is 8.42 Å². The van der Waals surface area contributed by atoms with Gasteiger partial charge in [0.25, 0.3) is 10.0 Å². The minimum atomic E-state index is -3.93. The second-order valence-corrected chi connectivity index (χ2v) is 7.79. The molecule has 0 aliphatic carbocycles. The van der Waals surface area contributed by atoms with E-state index in [1.165, 1.54) is 6.20 Å². The Hall–Kier alpha value is -2.23. The lowest BCUT2D eigenvalue weighted by Gasteiger charge is -2.08. The Bertz CT molecular complexity index is 1030. The molecule has 0 bridgehead atoms. The van der Waals surface area contributed by atoms with Gasteiger partial charge < -0.3 is 9.47 Å². The minimum Gasteiger partial charge on any atom is -0.335 e. The van der Waals surface area contributed by atoms with Gasteiger partial charge in [-0.05, 0) is 26.2 Å². The van der Waals surface area contributed by atoms with Gasteiger partial charge in [-0.15, -0.1) is 0 Å². The predicted molar refractivity (Wildman–Crippen MR) is 96.0 cm³/mol. The molecule has 0 unspecified atom stereocenters. The predicted octanol–water partition coefficient (Wildman–Crippen LogP) is 1.88. The first-order valence-corrected chi connectivity index (χ1v) is 9.24. The van der Waals surface area contributed by atoms with E-state index < -0.39 is 10.0 Å². The van der Waals surface area contributed by atoms with E-state index in [0.29, 0.717) is 23.4 Å². The second-order valence-electron chi connectivity index (χ2n) is 5.80. The molecule has 3 aromatic rings. The molecule has 0 amide bonds. The fourth-order valence-electron chi connectivity index (χ4n) is 2.26. The third-order valence-electron chi connectivity index (χ3n) is 3.44. The monoisotopic (exact) mass is 380 g/mol. The quantitative estimate of drug-likeness (QED) is 0.726. The van der Waals surface area contributed by atoms with Gasteiger partial charge in [0.1, 0.15) is 5.82 Å². The maximum absolute atomic E-state index is 12.6. The van der Waals surface area contributed by atoms with E-state index in [0.717, 1.165) is 0 Å². The maximum Gasteiger partial charge on any atom is 0.282 e. The molecular formula is C15H17ClN6O2S. The molecule has 0 aliphatic rings. The number of hydrogen-bond donors (Lipinski definition) is 1. The van der Waals surface area contributed by atoms with E-state index in [2.05, 4.69) is 19.7 Å². The van der Waals surface area contributed by atoms with Gasteiger partial charge in [0.2, 0.25) is 0 Å². The van der Waals surface area contributed by atoms with Crippen LogP contribution in [0.15, 0.2) is 35.5 Å². The number of benzene rings is 1. The Balaban J connectivity index is 1.95. The zero-order valence-corrected chi connectivity index (χ0v) is 15.5. The standard InChI is InChI=1S/C15H17ClN6O2S/c1-21(2)8-12-19-13(9-22(12)3)25(23,24)20-15-14(16)17-10-6-4-5-7-11(10)18-15/h4-7,9H,8H2,1-3H3,(H,18,20). The SMILES string of the molecule is CN(C)Cc1nc(S(=O)(=O)Nc2nc3ccccc3nc2Cl)cn1C. The molecule has 0 aliphatic heterocycles. The molecular weight excluding hydrogens is 364 g/mol. The van der Waals surface area contributed by atoms with E-state index >= 15 is 0 Å². The molecule has 1 aromatic carbocycles. The van der Waals surface area contributed by atoms with E-state index in [4.69, 9.17) is 11.6 Å². The number of aromatic nitrogens is 4. The average molecular weight is 381 g/mol. The normalized spacial score (nSPS) is 12.0. The molecule has 0 radical (unpaired) electrons. The second kappa shape index (κ2) is 6.58. The number of sulfonamides is 1. The van der Waals surface area contributed by atoms with Crippen molar-refractivity contribution in [3.05, 3.63) is 41.4 Å². The molecule has 132 valence electrons. The van der Waals surface area contributed by atoms with Gasteiger partial charge in [0.15, 0.2) is 16.0 Å². The van der Waals surface area contributed by atoms with Gasteiger partial charge in [-0.3, -0.25) is 4.72 Å². The molecule has 10 heteroatoms. The molecule has 2 aromatic heterocycles. The Morgan fingerprint density at radius 2 is 1.80 bits per heavy atom.